The number of para-hydroxylation sites is 2. The number of fused-ring (bicyclic) bond motifs is 10. The molecule has 0 unspecified atom stereocenters. The van der Waals surface area contributed by atoms with Gasteiger partial charge in [-0.1, -0.05) is 158 Å². The summed E-state index contributed by atoms with van der Waals surface area (Å²) in [5.74, 6) is 0. The minimum absolute atomic E-state index is 0.891. The van der Waals surface area contributed by atoms with Crippen LogP contribution in [0.1, 0.15) is 0 Å². The van der Waals surface area contributed by atoms with Gasteiger partial charge in [-0.2, -0.15) is 0 Å². The molecule has 2 aromatic heterocycles. The molecule has 0 amide bonds. The van der Waals surface area contributed by atoms with E-state index in [0.29, 0.717) is 0 Å². The third kappa shape index (κ3) is 5.75. The molecule has 0 spiro atoms. The predicted molar refractivity (Wildman–Crippen MR) is 265 cm³/mol. The molecular formula is C60H37NO2. The molecule has 0 saturated heterocycles. The van der Waals surface area contributed by atoms with Crippen molar-refractivity contribution in [3.8, 4) is 33.4 Å². The molecule has 294 valence electrons. The minimum atomic E-state index is 0.891. The monoisotopic (exact) mass is 803 g/mol. The van der Waals surface area contributed by atoms with Gasteiger partial charge in [0.2, 0.25) is 0 Å². The highest BCUT2D eigenvalue weighted by atomic mass is 16.3. The van der Waals surface area contributed by atoms with Crippen LogP contribution in [0.25, 0.3) is 110 Å². The Bertz CT molecular complexity index is 3910. The number of hydrogen-bond acceptors (Lipinski definition) is 3. The predicted octanol–water partition coefficient (Wildman–Crippen LogP) is 17.4. The molecule has 0 N–H and O–H groups in total. The third-order valence-electron chi connectivity index (χ3n) is 12.9. The van der Waals surface area contributed by atoms with E-state index < -0.39 is 0 Å². The lowest BCUT2D eigenvalue weighted by Crippen LogP contribution is -2.10. The molecule has 0 atom stereocenters. The Labute approximate surface area is 363 Å². The first-order valence-electron chi connectivity index (χ1n) is 21.5. The number of anilines is 3. The van der Waals surface area contributed by atoms with Crippen molar-refractivity contribution in [1.29, 1.82) is 0 Å². The zero-order chi connectivity index (χ0) is 41.4. The van der Waals surface area contributed by atoms with Crippen molar-refractivity contribution < 1.29 is 8.83 Å². The maximum Gasteiger partial charge on any atom is 0.136 e. The standard InChI is InChI=1S/C60H37NO2/c1-4-14-47-39(11-1)25-32-48(43-27-34-54-52-18-8-10-20-57(52)63-59(54)37-43)60(47)40-23-30-45(31-24-40)61(55-35-42-12-2-3-13-46(42)49-15-5-6-16-50(49)55)44-28-21-38(22-29-44)41-26-33-53-51-17-7-9-19-56(51)62-58(53)36-41/h1-37H. The quantitative estimate of drug-likeness (QED) is 0.157. The molecule has 2 heterocycles. The topological polar surface area (TPSA) is 29.5 Å². The molecule has 0 aliphatic heterocycles. The van der Waals surface area contributed by atoms with Crippen LogP contribution in [0.3, 0.4) is 0 Å². The summed E-state index contributed by atoms with van der Waals surface area (Å²) in [6.45, 7) is 0. The Morgan fingerprint density at radius 1 is 0.270 bits per heavy atom. The molecule has 0 aliphatic rings. The van der Waals surface area contributed by atoms with Crippen LogP contribution in [-0.2, 0) is 0 Å². The minimum Gasteiger partial charge on any atom is -0.456 e. The van der Waals surface area contributed by atoms with Crippen molar-refractivity contribution in [2.24, 2.45) is 0 Å². The molecule has 3 nitrogen and oxygen atoms in total. The summed E-state index contributed by atoms with van der Waals surface area (Å²) in [5.41, 5.74) is 13.7. The maximum absolute atomic E-state index is 6.38. The Morgan fingerprint density at radius 2 is 0.746 bits per heavy atom. The van der Waals surface area contributed by atoms with E-state index >= 15 is 0 Å². The summed E-state index contributed by atoms with van der Waals surface area (Å²) >= 11 is 0. The molecule has 3 heteroatoms. The second kappa shape index (κ2) is 14.1. The van der Waals surface area contributed by atoms with Gasteiger partial charge in [0.05, 0.1) is 5.69 Å². The Hall–Kier alpha value is -8.40. The summed E-state index contributed by atoms with van der Waals surface area (Å²) in [6, 6.07) is 80.7. The summed E-state index contributed by atoms with van der Waals surface area (Å²) in [4.78, 5) is 2.41. The van der Waals surface area contributed by atoms with Crippen LogP contribution in [0.2, 0.25) is 0 Å². The van der Waals surface area contributed by atoms with Gasteiger partial charge in [-0.05, 0) is 127 Å². The second-order valence-corrected chi connectivity index (χ2v) is 16.4. The summed E-state index contributed by atoms with van der Waals surface area (Å²) in [6.07, 6.45) is 0. The highest BCUT2D eigenvalue weighted by Crippen LogP contribution is 2.45. The van der Waals surface area contributed by atoms with Crippen molar-refractivity contribution in [3.63, 3.8) is 0 Å². The van der Waals surface area contributed by atoms with E-state index in [9.17, 15) is 0 Å². The molecule has 11 aromatic carbocycles. The van der Waals surface area contributed by atoms with Crippen molar-refractivity contribution in [3.05, 3.63) is 224 Å². The van der Waals surface area contributed by atoms with Crippen molar-refractivity contribution in [2.75, 3.05) is 4.90 Å². The first-order valence-corrected chi connectivity index (χ1v) is 21.5. The van der Waals surface area contributed by atoms with Crippen LogP contribution in [-0.4, -0.2) is 0 Å². The SMILES string of the molecule is c1ccc2c(-c3ccc(N(c4ccc(-c5ccc6c(c5)oc5ccccc56)cc4)c4cc5ccccc5c5ccccc45)cc3)c(-c3ccc4c(c3)oc3ccccc34)ccc2c1. The highest BCUT2D eigenvalue weighted by Gasteiger charge is 2.20. The van der Waals surface area contributed by atoms with E-state index in [1.54, 1.807) is 0 Å². The average molecular weight is 804 g/mol. The van der Waals surface area contributed by atoms with Gasteiger partial charge in [0, 0.05) is 38.3 Å². The first kappa shape index (κ1) is 35.4. The number of rotatable bonds is 6. The van der Waals surface area contributed by atoms with Gasteiger partial charge in [0.15, 0.2) is 0 Å². The van der Waals surface area contributed by atoms with Gasteiger partial charge < -0.3 is 13.7 Å². The van der Waals surface area contributed by atoms with Gasteiger partial charge in [0.25, 0.3) is 0 Å². The molecule has 63 heavy (non-hydrogen) atoms. The molecule has 0 bridgehead atoms. The zero-order valence-corrected chi connectivity index (χ0v) is 34.1. The second-order valence-electron chi connectivity index (χ2n) is 16.4. The van der Waals surface area contributed by atoms with Crippen LogP contribution in [0.15, 0.2) is 233 Å². The van der Waals surface area contributed by atoms with Crippen LogP contribution in [0, 0.1) is 0 Å². The number of furan rings is 2. The average Bonchev–Trinajstić information content (AvgIpc) is 3.92. The molecular weight excluding hydrogens is 767 g/mol. The number of nitrogens with zero attached hydrogens (tertiary/aromatic N) is 1. The fourth-order valence-electron chi connectivity index (χ4n) is 9.85. The van der Waals surface area contributed by atoms with Gasteiger partial charge in [-0.3, -0.25) is 0 Å². The molecule has 0 fully saturated rings. The third-order valence-corrected chi connectivity index (χ3v) is 12.9. The van der Waals surface area contributed by atoms with Gasteiger partial charge in [-0.15, -0.1) is 0 Å². The number of hydrogen-bond donors (Lipinski definition) is 0. The van der Waals surface area contributed by atoms with E-state index in [2.05, 4.69) is 205 Å². The van der Waals surface area contributed by atoms with Crippen molar-refractivity contribution in [2.45, 2.75) is 0 Å². The normalized spacial score (nSPS) is 11.8. The summed E-state index contributed by atoms with van der Waals surface area (Å²) < 4.78 is 12.7. The lowest BCUT2D eigenvalue weighted by molar-refractivity contribution is 0.668. The molecule has 0 aliphatic carbocycles. The lowest BCUT2D eigenvalue weighted by atomic mass is 9.89. The Morgan fingerprint density at radius 3 is 1.41 bits per heavy atom. The van der Waals surface area contributed by atoms with Crippen LogP contribution >= 0.6 is 0 Å². The smallest absolute Gasteiger partial charge is 0.136 e. The Kier molecular flexibility index (Phi) is 7.91. The molecule has 0 radical (unpaired) electrons. The zero-order valence-electron chi connectivity index (χ0n) is 34.1. The van der Waals surface area contributed by atoms with Gasteiger partial charge in [-0.25, -0.2) is 0 Å². The largest absolute Gasteiger partial charge is 0.456 e. The number of benzene rings is 11. The fraction of sp³-hybridized carbons (Fsp3) is 0. The highest BCUT2D eigenvalue weighted by molar-refractivity contribution is 6.15. The van der Waals surface area contributed by atoms with Crippen LogP contribution < -0.4 is 4.90 Å². The molecule has 0 saturated carbocycles. The van der Waals surface area contributed by atoms with Gasteiger partial charge in [0.1, 0.15) is 22.3 Å². The van der Waals surface area contributed by atoms with E-state index in [-0.39, 0.29) is 0 Å². The maximum atomic E-state index is 6.38. The Balaban J connectivity index is 0.959. The summed E-state index contributed by atoms with van der Waals surface area (Å²) in [7, 11) is 0. The molecule has 13 rings (SSSR count). The van der Waals surface area contributed by atoms with E-state index in [1.165, 1.54) is 37.9 Å². The fourth-order valence-corrected chi connectivity index (χ4v) is 9.85. The van der Waals surface area contributed by atoms with Crippen LogP contribution in [0.4, 0.5) is 17.1 Å². The van der Waals surface area contributed by atoms with Crippen molar-refractivity contribution >= 4 is 93.3 Å². The van der Waals surface area contributed by atoms with E-state index in [1.807, 2.05) is 24.3 Å². The van der Waals surface area contributed by atoms with Crippen LogP contribution in [0.5, 0.6) is 0 Å². The van der Waals surface area contributed by atoms with Gasteiger partial charge >= 0.3 is 0 Å². The van der Waals surface area contributed by atoms with E-state index in [4.69, 9.17) is 8.83 Å². The summed E-state index contributed by atoms with van der Waals surface area (Å²) in [5, 5.41) is 11.8. The lowest BCUT2D eigenvalue weighted by Gasteiger charge is -2.28. The first-order chi connectivity index (χ1) is 31.2. The van der Waals surface area contributed by atoms with Crippen molar-refractivity contribution in [1.82, 2.24) is 0 Å². The van der Waals surface area contributed by atoms with E-state index in [0.717, 1.165) is 88.8 Å². The molecule has 13 aromatic rings.